The minimum absolute atomic E-state index is 0.171. The van der Waals surface area contributed by atoms with Crippen LogP contribution < -0.4 is 4.74 Å². The summed E-state index contributed by atoms with van der Waals surface area (Å²) < 4.78 is 20.5. The third kappa shape index (κ3) is 3.23. The van der Waals surface area contributed by atoms with Crippen molar-refractivity contribution in [1.29, 1.82) is 0 Å². The number of hydrogen-bond acceptors (Lipinski definition) is 1. The van der Waals surface area contributed by atoms with Gasteiger partial charge in [0.15, 0.2) is 0 Å². The van der Waals surface area contributed by atoms with Gasteiger partial charge in [0.2, 0.25) is 0 Å². The molecule has 2 aromatic rings. The van der Waals surface area contributed by atoms with E-state index < -0.39 is 0 Å². The number of halogens is 3. The molecule has 0 saturated carbocycles. The second kappa shape index (κ2) is 6.72. The predicted molar refractivity (Wildman–Crippen MR) is 87.2 cm³/mol. The third-order valence-corrected chi connectivity index (χ3v) is 4.72. The van der Waals surface area contributed by atoms with Crippen LogP contribution in [0.2, 0.25) is 0 Å². The molecular weight excluding hydrogens is 387 g/mol. The summed E-state index contributed by atoms with van der Waals surface area (Å²) in [6, 6.07) is 11.2. The Morgan fingerprint density at radius 2 is 1.95 bits per heavy atom. The van der Waals surface area contributed by atoms with Gasteiger partial charge < -0.3 is 4.74 Å². The van der Waals surface area contributed by atoms with Gasteiger partial charge >= 0.3 is 0 Å². The van der Waals surface area contributed by atoms with Gasteiger partial charge in [0.05, 0.1) is 11.4 Å². The van der Waals surface area contributed by atoms with Gasteiger partial charge in [-0.25, -0.2) is 4.39 Å². The maximum Gasteiger partial charge on any atom is 0.130 e. The van der Waals surface area contributed by atoms with E-state index in [9.17, 15) is 4.39 Å². The van der Waals surface area contributed by atoms with Crippen molar-refractivity contribution in [3.63, 3.8) is 0 Å². The van der Waals surface area contributed by atoms with Crippen molar-refractivity contribution < 1.29 is 9.13 Å². The third-order valence-electron chi connectivity index (χ3n) is 3.05. The Morgan fingerprint density at radius 1 is 1.20 bits per heavy atom. The molecule has 1 nitrogen and oxygen atoms in total. The molecule has 0 aliphatic carbocycles. The Bertz CT molecular complexity index is 613. The highest BCUT2D eigenvalue weighted by atomic mass is 79.9. The van der Waals surface area contributed by atoms with Gasteiger partial charge in [0.1, 0.15) is 11.6 Å². The SMILES string of the molecule is CCOc1ccc(C(Br)c2cccc(C)c2F)c(Br)c1. The minimum Gasteiger partial charge on any atom is -0.494 e. The summed E-state index contributed by atoms with van der Waals surface area (Å²) in [5.74, 6) is 0.627. The van der Waals surface area contributed by atoms with Crippen molar-refractivity contribution in [2.75, 3.05) is 6.61 Å². The molecule has 0 aliphatic heterocycles. The molecule has 1 atom stereocenters. The molecule has 0 N–H and O–H groups in total. The highest BCUT2D eigenvalue weighted by molar-refractivity contribution is 9.11. The Hall–Kier alpha value is -0.870. The molecule has 0 fully saturated rings. The first-order chi connectivity index (χ1) is 9.54. The fraction of sp³-hybridized carbons (Fsp3) is 0.250. The molecule has 0 saturated heterocycles. The maximum absolute atomic E-state index is 14.2. The molecular formula is C16H15Br2FO. The average molecular weight is 402 g/mol. The molecule has 0 aliphatic rings. The lowest BCUT2D eigenvalue weighted by Gasteiger charge is -2.15. The maximum atomic E-state index is 14.2. The van der Waals surface area contributed by atoms with Crippen LogP contribution in [0.3, 0.4) is 0 Å². The second-order valence-corrected chi connectivity index (χ2v) is 6.23. The summed E-state index contributed by atoms with van der Waals surface area (Å²) in [6.45, 7) is 4.33. The lowest BCUT2D eigenvalue weighted by Crippen LogP contribution is -2.00. The summed E-state index contributed by atoms with van der Waals surface area (Å²) >= 11 is 7.11. The van der Waals surface area contributed by atoms with Crippen molar-refractivity contribution in [1.82, 2.24) is 0 Å². The number of aryl methyl sites for hydroxylation is 1. The van der Waals surface area contributed by atoms with E-state index in [0.29, 0.717) is 17.7 Å². The molecule has 4 heteroatoms. The first-order valence-corrected chi connectivity index (χ1v) is 8.06. The topological polar surface area (TPSA) is 9.23 Å². The Balaban J connectivity index is 2.38. The molecule has 20 heavy (non-hydrogen) atoms. The van der Waals surface area contributed by atoms with Crippen LogP contribution in [0, 0.1) is 12.7 Å². The molecule has 0 bridgehead atoms. The zero-order valence-electron chi connectivity index (χ0n) is 11.3. The highest BCUT2D eigenvalue weighted by Gasteiger charge is 2.18. The van der Waals surface area contributed by atoms with Crippen LogP contribution >= 0.6 is 31.9 Å². The van der Waals surface area contributed by atoms with E-state index in [1.165, 1.54) is 0 Å². The van der Waals surface area contributed by atoms with Crippen molar-refractivity contribution in [2.45, 2.75) is 18.7 Å². The Kier molecular flexibility index (Phi) is 5.22. The van der Waals surface area contributed by atoms with Crippen molar-refractivity contribution in [2.24, 2.45) is 0 Å². The first-order valence-electron chi connectivity index (χ1n) is 6.36. The first kappa shape index (κ1) is 15.5. The molecule has 0 radical (unpaired) electrons. The summed E-state index contributed by atoms with van der Waals surface area (Å²) in [6.07, 6.45) is 0. The number of benzene rings is 2. The summed E-state index contributed by atoms with van der Waals surface area (Å²) in [7, 11) is 0. The van der Waals surface area contributed by atoms with E-state index in [1.54, 1.807) is 19.1 Å². The Labute approximate surface area is 135 Å². The van der Waals surface area contributed by atoms with Crippen LogP contribution in [0.25, 0.3) is 0 Å². The highest BCUT2D eigenvalue weighted by Crippen LogP contribution is 2.38. The van der Waals surface area contributed by atoms with Crippen LogP contribution in [-0.4, -0.2) is 6.61 Å². The molecule has 2 rings (SSSR count). The van der Waals surface area contributed by atoms with Gasteiger partial charge in [-0.05, 0) is 37.1 Å². The van der Waals surface area contributed by atoms with Gasteiger partial charge in [0.25, 0.3) is 0 Å². The smallest absolute Gasteiger partial charge is 0.130 e. The van der Waals surface area contributed by atoms with Gasteiger partial charge in [-0.15, -0.1) is 0 Å². The van der Waals surface area contributed by atoms with Gasteiger partial charge in [-0.1, -0.05) is 56.1 Å². The van der Waals surface area contributed by atoms with Crippen molar-refractivity contribution in [3.8, 4) is 5.75 Å². The number of alkyl halides is 1. The van der Waals surface area contributed by atoms with E-state index in [1.807, 2.05) is 31.2 Å². The number of ether oxygens (including phenoxy) is 1. The van der Waals surface area contributed by atoms with E-state index in [2.05, 4.69) is 31.9 Å². The molecule has 2 aromatic carbocycles. The molecule has 0 heterocycles. The largest absolute Gasteiger partial charge is 0.494 e. The minimum atomic E-state index is -0.201. The van der Waals surface area contributed by atoms with Crippen LogP contribution in [0.4, 0.5) is 4.39 Å². The molecule has 0 spiro atoms. The number of rotatable bonds is 4. The summed E-state index contributed by atoms with van der Waals surface area (Å²) in [4.78, 5) is -0.201. The van der Waals surface area contributed by atoms with E-state index in [0.717, 1.165) is 15.8 Å². The normalized spacial score (nSPS) is 12.2. The number of hydrogen-bond donors (Lipinski definition) is 0. The molecule has 1 unspecified atom stereocenters. The van der Waals surface area contributed by atoms with E-state index in [-0.39, 0.29) is 10.6 Å². The molecule has 0 amide bonds. The van der Waals surface area contributed by atoms with Crippen molar-refractivity contribution >= 4 is 31.9 Å². The standard InChI is InChI=1S/C16H15Br2FO/c1-3-20-11-7-8-12(14(17)9-11)15(18)13-6-4-5-10(2)16(13)19/h4-9,15H,3H2,1-2H3. The summed E-state index contributed by atoms with van der Waals surface area (Å²) in [5.41, 5.74) is 2.25. The average Bonchev–Trinajstić information content (AvgIpc) is 2.42. The monoisotopic (exact) mass is 400 g/mol. The van der Waals surface area contributed by atoms with Crippen LogP contribution in [0.1, 0.15) is 28.4 Å². The quantitative estimate of drug-likeness (QED) is 0.590. The van der Waals surface area contributed by atoms with E-state index >= 15 is 0 Å². The fourth-order valence-electron chi connectivity index (χ4n) is 2.00. The summed E-state index contributed by atoms with van der Waals surface area (Å²) in [5, 5.41) is 0. The zero-order valence-corrected chi connectivity index (χ0v) is 14.5. The Morgan fingerprint density at radius 3 is 2.60 bits per heavy atom. The molecule has 0 aromatic heterocycles. The van der Waals surface area contributed by atoms with Gasteiger partial charge in [-0.3, -0.25) is 0 Å². The lowest BCUT2D eigenvalue weighted by atomic mass is 10.0. The lowest BCUT2D eigenvalue weighted by molar-refractivity contribution is 0.340. The predicted octanol–water partition coefficient (Wildman–Crippen LogP) is 5.78. The second-order valence-electron chi connectivity index (χ2n) is 4.46. The van der Waals surface area contributed by atoms with Crippen LogP contribution in [0.5, 0.6) is 5.75 Å². The van der Waals surface area contributed by atoms with Crippen molar-refractivity contribution in [3.05, 3.63) is 63.4 Å². The van der Waals surface area contributed by atoms with E-state index in [4.69, 9.17) is 4.74 Å². The van der Waals surface area contributed by atoms with Crippen LogP contribution in [0.15, 0.2) is 40.9 Å². The van der Waals surface area contributed by atoms with Crippen LogP contribution in [-0.2, 0) is 0 Å². The zero-order chi connectivity index (χ0) is 14.7. The van der Waals surface area contributed by atoms with Gasteiger partial charge in [0, 0.05) is 10.0 Å². The molecule has 106 valence electrons. The fourth-order valence-corrected chi connectivity index (χ4v) is 3.65. The van der Waals surface area contributed by atoms with Gasteiger partial charge in [-0.2, -0.15) is 0 Å².